The van der Waals surface area contributed by atoms with Crippen molar-refractivity contribution in [3.05, 3.63) is 46.0 Å². The summed E-state index contributed by atoms with van der Waals surface area (Å²) in [5, 5.41) is 14.3. The molecule has 1 fully saturated rings. The summed E-state index contributed by atoms with van der Waals surface area (Å²) >= 11 is 5.66. The zero-order valence-corrected chi connectivity index (χ0v) is 13.7. The molecule has 6 nitrogen and oxygen atoms in total. The fourth-order valence-corrected chi connectivity index (χ4v) is 2.72. The van der Waals surface area contributed by atoms with Crippen molar-refractivity contribution in [1.29, 1.82) is 0 Å². The average molecular weight is 341 g/mol. The summed E-state index contributed by atoms with van der Waals surface area (Å²) in [6.45, 7) is 1.67. The molecule has 1 aliphatic rings. The van der Waals surface area contributed by atoms with Crippen LogP contribution in [0.5, 0.6) is 0 Å². The minimum absolute atomic E-state index is 0.270. The minimum atomic E-state index is -1.47. The first-order chi connectivity index (χ1) is 11.0. The number of nitrogens with zero attached hydrogens (tertiary/aromatic N) is 1. The van der Waals surface area contributed by atoms with Gasteiger partial charge >= 0.3 is 12.2 Å². The van der Waals surface area contributed by atoms with Gasteiger partial charge in [-0.1, -0.05) is 18.2 Å². The van der Waals surface area contributed by atoms with Gasteiger partial charge in [0.2, 0.25) is 0 Å². The summed E-state index contributed by atoms with van der Waals surface area (Å²) in [7, 11) is 0. The smallest absolute Gasteiger partial charge is 0.382 e. The van der Waals surface area contributed by atoms with Gasteiger partial charge in [0.25, 0.3) is 0 Å². The van der Waals surface area contributed by atoms with Crippen LogP contribution >= 0.6 is 11.6 Å². The standard InChI is InChI=1S/C16H21ClN2O4/c1-11(18-14-10-13(14)8-5-9-17)16(20)23-15(19(21)22)12-6-3-2-4-7-12/h2-4,6-7,11,13-15,18H,5,8-10H2,1H3/t11-,13?,14?,15?/m0/s1. The van der Waals surface area contributed by atoms with Gasteiger partial charge in [0.1, 0.15) is 6.04 Å². The van der Waals surface area contributed by atoms with Crippen LogP contribution < -0.4 is 5.32 Å². The van der Waals surface area contributed by atoms with E-state index in [2.05, 4.69) is 5.32 Å². The van der Waals surface area contributed by atoms with E-state index in [9.17, 15) is 14.9 Å². The Balaban J connectivity index is 1.86. The van der Waals surface area contributed by atoms with Crippen molar-refractivity contribution in [1.82, 2.24) is 5.32 Å². The van der Waals surface area contributed by atoms with E-state index < -0.39 is 23.2 Å². The maximum atomic E-state index is 12.1. The molecule has 23 heavy (non-hydrogen) atoms. The van der Waals surface area contributed by atoms with Crippen LogP contribution in [0.15, 0.2) is 30.3 Å². The highest BCUT2D eigenvalue weighted by atomic mass is 35.5. The quantitative estimate of drug-likeness (QED) is 0.246. The molecule has 0 radical (unpaired) electrons. The van der Waals surface area contributed by atoms with Crippen molar-refractivity contribution in [3.8, 4) is 0 Å². The minimum Gasteiger partial charge on any atom is -0.393 e. The first kappa shape index (κ1) is 17.7. The Morgan fingerprint density at radius 1 is 1.48 bits per heavy atom. The molecule has 0 aromatic heterocycles. The lowest BCUT2D eigenvalue weighted by Crippen LogP contribution is -2.38. The molecule has 0 amide bonds. The molecule has 0 heterocycles. The SMILES string of the molecule is C[C@H](NC1CC1CCCCl)C(=O)OC(c1ccccc1)[N+](=O)[O-]. The summed E-state index contributed by atoms with van der Waals surface area (Å²) in [5.41, 5.74) is 0.351. The molecule has 0 aliphatic heterocycles. The monoisotopic (exact) mass is 340 g/mol. The number of nitro groups is 1. The van der Waals surface area contributed by atoms with E-state index in [-0.39, 0.29) is 6.04 Å². The van der Waals surface area contributed by atoms with Crippen LogP contribution in [0.3, 0.4) is 0 Å². The number of carbonyl (C=O) groups is 1. The molecule has 1 aromatic rings. The van der Waals surface area contributed by atoms with E-state index in [4.69, 9.17) is 16.3 Å². The Kier molecular flexibility index (Phi) is 6.36. The third-order valence-corrected chi connectivity index (χ3v) is 4.22. The van der Waals surface area contributed by atoms with Crippen LogP contribution in [0.25, 0.3) is 0 Å². The van der Waals surface area contributed by atoms with Crippen molar-refractivity contribution >= 4 is 17.6 Å². The maximum absolute atomic E-state index is 12.1. The van der Waals surface area contributed by atoms with E-state index >= 15 is 0 Å². The van der Waals surface area contributed by atoms with Crippen LogP contribution in [0.4, 0.5) is 0 Å². The van der Waals surface area contributed by atoms with Crippen LogP contribution in [0.1, 0.15) is 38.0 Å². The summed E-state index contributed by atoms with van der Waals surface area (Å²) in [5.74, 6) is 0.561. The molecular formula is C16H21ClN2O4. The van der Waals surface area contributed by atoms with Crippen molar-refractivity contribution in [2.45, 2.75) is 44.5 Å². The number of benzene rings is 1. The van der Waals surface area contributed by atoms with Crippen molar-refractivity contribution < 1.29 is 14.5 Å². The molecule has 126 valence electrons. The van der Waals surface area contributed by atoms with Crippen molar-refractivity contribution in [2.75, 3.05) is 5.88 Å². The first-order valence-electron chi connectivity index (χ1n) is 7.74. The highest BCUT2D eigenvalue weighted by molar-refractivity contribution is 6.17. The predicted molar refractivity (Wildman–Crippen MR) is 86.7 cm³/mol. The second kappa shape index (κ2) is 8.26. The predicted octanol–water partition coefficient (Wildman–Crippen LogP) is 2.89. The number of nitrogens with one attached hydrogen (secondary N) is 1. The van der Waals surface area contributed by atoms with E-state index in [0.717, 1.165) is 19.3 Å². The third-order valence-electron chi connectivity index (χ3n) is 3.95. The molecule has 1 N–H and O–H groups in total. The zero-order valence-electron chi connectivity index (χ0n) is 13.0. The molecule has 1 aliphatic carbocycles. The van der Waals surface area contributed by atoms with E-state index in [0.29, 0.717) is 17.4 Å². The second-order valence-corrected chi connectivity index (χ2v) is 6.19. The Morgan fingerprint density at radius 3 is 2.78 bits per heavy atom. The second-order valence-electron chi connectivity index (χ2n) is 5.81. The lowest BCUT2D eigenvalue weighted by Gasteiger charge is -2.16. The largest absolute Gasteiger partial charge is 0.393 e. The first-order valence-corrected chi connectivity index (χ1v) is 8.27. The number of halogens is 1. The van der Waals surface area contributed by atoms with Gasteiger partial charge in [-0.15, -0.1) is 11.6 Å². The topological polar surface area (TPSA) is 81.5 Å². The third kappa shape index (κ3) is 5.18. The molecule has 1 aromatic carbocycles. The number of ether oxygens (including phenoxy) is 1. The number of hydrogen-bond donors (Lipinski definition) is 1. The molecule has 3 unspecified atom stereocenters. The van der Waals surface area contributed by atoms with Gasteiger partial charge in [-0.05, 0) is 44.2 Å². The normalized spacial score (nSPS) is 22.2. The molecule has 0 saturated heterocycles. The Bertz CT molecular complexity index is 540. The molecular weight excluding hydrogens is 320 g/mol. The van der Waals surface area contributed by atoms with E-state index in [1.54, 1.807) is 37.3 Å². The molecule has 0 bridgehead atoms. The fourth-order valence-electron chi connectivity index (χ4n) is 2.56. The Morgan fingerprint density at radius 2 is 2.17 bits per heavy atom. The number of hydrogen-bond acceptors (Lipinski definition) is 5. The van der Waals surface area contributed by atoms with Gasteiger partial charge < -0.3 is 10.1 Å². The number of alkyl halides is 1. The van der Waals surface area contributed by atoms with E-state index in [1.165, 1.54) is 0 Å². The molecule has 0 spiro atoms. The van der Waals surface area contributed by atoms with Crippen LogP contribution in [-0.2, 0) is 9.53 Å². The average Bonchev–Trinajstić information content (AvgIpc) is 3.28. The number of rotatable bonds is 9. The lowest BCUT2D eigenvalue weighted by atomic mass is 10.2. The highest BCUT2D eigenvalue weighted by Crippen LogP contribution is 2.35. The Labute approximate surface area is 140 Å². The number of carbonyl (C=O) groups excluding carboxylic acids is 1. The summed E-state index contributed by atoms with van der Waals surface area (Å²) < 4.78 is 5.08. The van der Waals surface area contributed by atoms with Crippen LogP contribution in [-0.4, -0.2) is 28.9 Å². The van der Waals surface area contributed by atoms with Crippen LogP contribution in [0, 0.1) is 16.0 Å². The van der Waals surface area contributed by atoms with Gasteiger partial charge in [0.15, 0.2) is 0 Å². The van der Waals surface area contributed by atoms with Crippen molar-refractivity contribution in [3.63, 3.8) is 0 Å². The van der Waals surface area contributed by atoms with Crippen molar-refractivity contribution in [2.24, 2.45) is 5.92 Å². The zero-order chi connectivity index (χ0) is 16.8. The van der Waals surface area contributed by atoms with E-state index in [1.807, 2.05) is 0 Å². The number of esters is 1. The molecule has 7 heteroatoms. The van der Waals surface area contributed by atoms with Crippen LogP contribution in [0.2, 0.25) is 0 Å². The van der Waals surface area contributed by atoms with Gasteiger partial charge in [0.05, 0.1) is 10.5 Å². The fraction of sp³-hybridized carbons (Fsp3) is 0.562. The summed E-state index contributed by atoms with van der Waals surface area (Å²) in [6.07, 6.45) is 1.52. The highest BCUT2D eigenvalue weighted by Gasteiger charge is 2.39. The van der Waals surface area contributed by atoms with Gasteiger partial charge in [0, 0.05) is 11.9 Å². The Hall–Kier alpha value is -1.66. The summed E-state index contributed by atoms with van der Waals surface area (Å²) in [6, 6.07) is 7.93. The van der Waals surface area contributed by atoms with Gasteiger partial charge in [-0.3, -0.25) is 14.9 Å². The molecule has 1 saturated carbocycles. The van der Waals surface area contributed by atoms with Gasteiger partial charge in [-0.2, -0.15) is 0 Å². The molecule has 4 atom stereocenters. The maximum Gasteiger partial charge on any atom is 0.382 e. The van der Waals surface area contributed by atoms with Gasteiger partial charge in [-0.25, -0.2) is 0 Å². The molecule has 2 rings (SSSR count). The summed E-state index contributed by atoms with van der Waals surface area (Å²) in [4.78, 5) is 22.7. The lowest BCUT2D eigenvalue weighted by molar-refractivity contribution is -0.576.